The number of hydrogen-bond acceptors (Lipinski definition) is 5. The van der Waals surface area contributed by atoms with Crippen molar-refractivity contribution in [2.75, 3.05) is 0 Å². The summed E-state index contributed by atoms with van der Waals surface area (Å²) in [6.45, 7) is 0. The Labute approximate surface area is 117 Å². The van der Waals surface area contributed by atoms with Crippen molar-refractivity contribution in [1.29, 1.82) is 0 Å². The van der Waals surface area contributed by atoms with E-state index < -0.39 is 0 Å². The van der Waals surface area contributed by atoms with E-state index in [2.05, 4.69) is 15.2 Å². The van der Waals surface area contributed by atoms with Crippen LogP contribution in [0, 0.1) is 0 Å². The molecule has 0 unspecified atom stereocenters. The first-order valence-electron chi connectivity index (χ1n) is 6.25. The van der Waals surface area contributed by atoms with Crippen LogP contribution in [0.25, 0.3) is 0 Å². The van der Waals surface area contributed by atoms with E-state index in [0.29, 0.717) is 18.1 Å². The topological polar surface area (TPSA) is 82.8 Å². The second kappa shape index (κ2) is 5.30. The van der Waals surface area contributed by atoms with Crippen LogP contribution in [-0.4, -0.2) is 19.9 Å². The molecule has 19 heavy (non-hydrogen) atoms. The molecule has 0 aliphatic heterocycles. The van der Waals surface area contributed by atoms with Crippen molar-refractivity contribution < 1.29 is 4.52 Å². The van der Waals surface area contributed by atoms with E-state index in [1.54, 1.807) is 10.9 Å². The average molecular weight is 284 g/mol. The molecule has 0 saturated heterocycles. The summed E-state index contributed by atoms with van der Waals surface area (Å²) < 4.78 is 7.04. The number of nitrogens with zero attached hydrogens (tertiary/aromatic N) is 4. The van der Waals surface area contributed by atoms with E-state index in [4.69, 9.17) is 10.3 Å². The molecule has 0 bridgehead atoms. The molecule has 104 valence electrons. The van der Waals surface area contributed by atoms with E-state index in [1.807, 2.05) is 13.2 Å². The largest absolute Gasteiger partial charge is 0.339 e. The molecule has 2 N–H and O–H groups in total. The van der Waals surface area contributed by atoms with Crippen molar-refractivity contribution >= 4 is 12.4 Å². The first-order valence-corrected chi connectivity index (χ1v) is 6.25. The Hall–Kier alpha value is -1.40. The minimum atomic E-state index is -0.378. The highest BCUT2D eigenvalue weighted by Gasteiger charge is 2.35. The van der Waals surface area contributed by atoms with Gasteiger partial charge in [0.15, 0.2) is 5.82 Å². The van der Waals surface area contributed by atoms with E-state index in [9.17, 15) is 0 Å². The minimum Gasteiger partial charge on any atom is -0.339 e. The third-order valence-corrected chi connectivity index (χ3v) is 3.52. The Morgan fingerprint density at radius 2 is 2.16 bits per heavy atom. The van der Waals surface area contributed by atoms with Crippen LogP contribution in [0.3, 0.4) is 0 Å². The fourth-order valence-electron chi connectivity index (χ4n) is 2.50. The van der Waals surface area contributed by atoms with Crippen LogP contribution in [0.15, 0.2) is 16.9 Å². The van der Waals surface area contributed by atoms with E-state index >= 15 is 0 Å². The molecule has 1 fully saturated rings. The van der Waals surface area contributed by atoms with E-state index in [1.165, 1.54) is 0 Å². The smallest absolute Gasteiger partial charge is 0.231 e. The molecule has 2 aromatic heterocycles. The molecule has 0 aromatic carbocycles. The van der Waals surface area contributed by atoms with Gasteiger partial charge in [-0.3, -0.25) is 4.68 Å². The van der Waals surface area contributed by atoms with Gasteiger partial charge in [0.2, 0.25) is 5.89 Å². The highest BCUT2D eigenvalue weighted by molar-refractivity contribution is 5.85. The summed E-state index contributed by atoms with van der Waals surface area (Å²) in [4.78, 5) is 4.43. The van der Waals surface area contributed by atoms with E-state index in [0.717, 1.165) is 31.2 Å². The highest BCUT2D eigenvalue weighted by Crippen LogP contribution is 2.34. The molecule has 1 saturated carbocycles. The molecule has 0 radical (unpaired) electrons. The molecule has 3 rings (SSSR count). The molecule has 1 aliphatic carbocycles. The van der Waals surface area contributed by atoms with Crippen LogP contribution in [-0.2, 0) is 19.0 Å². The molecule has 1 aliphatic rings. The Bertz CT molecular complexity index is 544. The van der Waals surface area contributed by atoms with Gasteiger partial charge in [0.25, 0.3) is 0 Å². The molecular formula is C12H18ClN5O. The maximum atomic E-state index is 6.29. The molecule has 7 heteroatoms. The summed E-state index contributed by atoms with van der Waals surface area (Å²) in [5.41, 5.74) is 6.97. The van der Waals surface area contributed by atoms with Crippen molar-refractivity contribution in [3.8, 4) is 0 Å². The van der Waals surface area contributed by atoms with Gasteiger partial charge >= 0.3 is 0 Å². The molecule has 2 heterocycles. The monoisotopic (exact) mass is 283 g/mol. The second-order valence-electron chi connectivity index (χ2n) is 5.07. The van der Waals surface area contributed by atoms with Crippen LogP contribution in [0.2, 0.25) is 0 Å². The molecule has 0 amide bonds. The van der Waals surface area contributed by atoms with Crippen LogP contribution >= 0.6 is 12.4 Å². The predicted molar refractivity (Wildman–Crippen MR) is 71.9 cm³/mol. The van der Waals surface area contributed by atoms with Gasteiger partial charge in [-0.15, -0.1) is 12.4 Å². The van der Waals surface area contributed by atoms with Crippen molar-refractivity contribution in [1.82, 2.24) is 19.9 Å². The summed E-state index contributed by atoms with van der Waals surface area (Å²) in [5.74, 6) is 1.26. The Kier molecular flexibility index (Phi) is 3.91. The van der Waals surface area contributed by atoms with Crippen LogP contribution in [0.5, 0.6) is 0 Å². The molecule has 0 atom stereocenters. The van der Waals surface area contributed by atoms with Crippen molar-refractivity contribution in [3.05, 3.63) is 29.7 Å². The van der Waals surface area contributed by atoms with Gasteiger partial charge in [0.1, 0.15) is 0 Å². The molecule has 2 aromatic rings. The van der Waals surface area contributed by atoms with Gasteiger partial charge in [-0.1, -0.05) is 18.0 Å². The van der Waals surface area contributed by atoms with Gasteiger partial charge in [-0.05, 0) is 18.4 Å². The van der Waals surface area contributed by atoms with Gasteiger partial charge < -0.3 is 10.3 Å². The van der Waals surface area contributed by atoms with Gasteiger partial charge in [-0.2, -0.15) is 10.1 Å². The van der Waals surface area contributed by atoms with Crippen molar-refractivity contribution in [2.24, 2.45) is 12.8 Å². The lowest BCUT2D eigenvalue weighted by atomic mass is 9.99. The predicted octanol–water partition coefficient (Wildman–Crippen LogP) is 1.54. The second-order valence-corrected chi connectivity index (χ2v) is 5.07. The zero-order valence-corrected chi connectivity index (χ0v) is 11.7. The van der Waals surface area contributed by atoms with E-state index in [-0.39, 0.29) is 17.9 Å². The molecular weight excluding hydrogens is 266 g/mol. The van der Waals surface area contributed by atoms with Crippen LogP contribution in [0.4, 0.5) is 0 Å². The minimum absolute atomic E-state index is 0. The fraction of sp³-hybridized carbons (Fsp3) is 0.583. The van der Waals surface area contributed by atoms with Crippen LogP contribution < -0.4 is 5.73 Å². The maximum Gasteiger partial charge on any atom is 0.231 e. The Morgan fingerprint density at radius 3 is 2.79 bits per heavy atom. The number of rotatable bonds is 3. The Balaban J connectivity index is 0.00000133. The summed E-state index contributed by atoms with van der Waals surface area (Å²) in [7, 11) is 1.89. The first kappa shape index (κ1) is 14.0. The lowest BCUT2D eigenvalue weighted by Gasteiger charge is -2.17. The number of nitrogens with two attached hydrogens (primary N) is 1. The lowest BCUT2D eigenvalue weighted by Crippen LogP contribution is -2.34. The third-order valence-electron chi connectivity index (χ3n) is 3.52. The fourth-order valence-corrected chi connectivity index (χ4v) is 2.50. The SMILES string of the molecule is Cl.Cn1cc(Cc2nc(C3(N)CCCC3)no2)cn1. The maximum absolute atomic E-state index is 6.29. The van der Waals surface area contributed by atoms with Gasteiger partial charge in [-0.25, -0.2) is 0 Å². The zero-order chi connectivity index (χ0) is 12.6. The number of aryl methyl sites for hydroxylation is 1. The Morgan fingerprint density at radius 1 is 1.42 bits per heavy atom. The number of halogens is 1. The molecule has 0 spiro atoms. The third kappa shape index (κ3) is 2.79. The van der Waals surface area contributed by atoms with Gasteiger partial charge in [0, 0.05) is 13.2 Å². The van der Waals surface area contributed by atoms with Crippen molar-refractivity contribution in [3.63, 3.8) is 0 Å². The quantitative estimate of drug-likeness (QED) is 0.924. The first-order chi connectivity index (χ1) is 8.66. The number of aromatic nitrogens is 4. The molecule has 6 nitrogen and oxygen atoms in total. The summed E-state index contributed by atoms with van der Waals surface area (Å²) in [5, 5.41) is 8.15. The normalized spacial score (nSPS) is 17.4. The number of hydrogen-bond donors (Lipinski definition) is 1. The summed E-state index contributed by atoms with van der Waals surface area (Å²) in [6.07, 6.45) is 8.52. The van der Waals surface area contributed by atoms with Crippen LogP contribution in [0.1, 0.15) is 43.0 Å². The summed E-state index contributed by atoms with van der Waals surface area (Å²) in [6, 6.07) is 0. The summed E-state index contributed by atoms with van der Waals surface area (Å²) >= 11 is 0. The standard InChI is InChI=1S/C12H17N5O.ClH/c1-17-8-9(7-14-17)6-10-15-11(16-18-10)12(13)4-2-3-5-12;/h7-8H,2-6,13H2,1H3;1H. The lowest BCUT2D eigenvalue weighted by molar-refractivity contribution is 0.352. The highest BCUT2D eigenvalue weighted by atomic mass is 35.5. The average Bonchev–Trinajstić information content (AvgIpc) is 3.02. The zero-order valence-electron chi connectivity index (χ0n) is 10.9. The van der Waals surface area contributed by atoms with Crippen molar-refractivity contribution in [2.45, 2.75) is 37.6 Å². The van der Waals surface area contributed by atoms with Gasteiger partial charge in [0.05, 0.1) is 18.2 Å².